The van der Waals surface area contributed by atoms with Crippen molar-refractivity contribution in [3.8, 4) is 17.2 Å². The number of anilines is 1. The summed E-state index contributed by atoms with van der Waals surface area (Å²) in [6, 6.07) is 9.95. The number of ether oxygens (including phenoxy) is 2. The molecule has 158 valence electrons. The normalized spacial score (nSPS) is 11.7. The summed E-state index contributed by atoms with van der Waals surface area (Å²) < 4.78 is 10.8. The molecule has 0 fully saturated rings. The van der Waals surface area contributed by atoms with Crippen molar-refractivity contribution in [3.63, 3.8) is 0 Å². The van der Waals surface area contributed by atoms with Crippen LogP contribution in [0.4, 0.5) is 5.69 Å². The van der Waals surface area contributed by atoms with Crippen molar-refractivity contribution in [3.05, 3.63) is 47.5 Å². The largest absolute Gasteiger partial charge is 0.508 e. The van der Waals surface area contributed by atoms with Gasteiger partial charge >= 0.3 is 5.97 Å². The molecule has 1 atom stereocenters. The number of hydrogen-bond donors (Lipinski definition) is 5. The summed E-state index contributed by atoms with van der Waals surface area (Å²) in [5.74, 6) is -0.512. The van der Waals surface area contributed by atoms with Gasteiger partial charge in [-0.3, -0.25) is 0 Å². The highest BCUT2D eigenvalue weighted by atomic mass is 16.6. The molecule has 0 amide bonds. The van der Waals surface area contributed by atoms with Crippen molar-refractivity contribution in [2.45, 2.75) is 39.1 Å². The van der Waals surface area contributed by atoms with Gasteiger partial charge < -0.3 is 35.2 Å². The van der Waals surface area contributed by atoms with Crippen LogP contribution in [0.25, 0.3) is 0 Å². The van der Waals surface area contributed by atoms with Crippen LogP contribution in [0, 0.1) is 0 Å². The first-order valence-corrected chi connectivity index (χ1v) is 9.45. The van der Waals surface area contributed by atoms with Gasteiger partial charge in [0.25, 0.3) is 6.29 Å². The summed E-state index contributed by atoms with van der Waals surface area (Å²) in [6.45, 7) is 2.77. The van der Waals surface area contributed by atoms with Gasteiger partial charge in [-0.1, -0.05) is 19.4 Å². The molecular formula is C21H27NO7. The van der Waals surface area contributed by atoms with Gasteiger partial charge in [-0.25, -0.2) is 4.79 Å². The molecule has 0 heterocycles. The van der Waals surface area contributed by atoms with Crippen LogP contribution in [-0.2, 0) is 17.8 Å². The van der Waals surface area contributed by atoms with E-state index in [1.165, 1.54) is 6.07 Å². The summed E-state index contributed by atoms with van der Waals surface area (Å²) >= 11 is 0. The average molecular weight is 405 g/mol. The van der Waals surface area contributed by atoms with E-state index < -0.39 is 12.3 Å². The lowest BCUT2D eigenvalue weighted by Crippen LogP contribution is -2.26. The Labute approximate surface area is 169 Å². The molecule has 0 aliphatic rings. The third kappa shape index (κ3) is 6.55. The Hall–Kier alpha value is -2.97. The van der Waals surface area contributed by atoms with E-state index in [1.54, 1.807) is 24.3 Å². The van der Waals surface area contributed by atoms with Gasteiger partial charge in [-0.05, 0) is 43.2 Å². The number of carboxylic acid groups (broad SMARTS) is 1. The number of hydrogen-bond acceptors (Lipinski definition) is 7. The minimum atomic E-state index is -1.91. The van der Waals surface area contributed by atoms with Crippen LogP contribution in [0.3, 0.4) is 0 Å². The molecule has 0 radical (unpaired) electrons. The number of phenols is 1. The van der Waals surface area contributed by atoms with Crippen LogP contribution >= 0.6 is 0 Å². The molecule has 0 aliphatic heterocycles. The summed E-state index contributed by atoms with van der Waals surface area (Å²) in [4.78, 5) is 10.8. The van der Waals surface area contributed by atoms with E-state index in [0.29, 0.717) is 43.1 Å². The fourth-order valence-electron chi connectivity index (χ4n) is 2.78. The minimum absolute atomic E-state index is 0.0279. The van der Waals surface area contributed by atoms with E-state index in [1.807, 2.05) is 13.0 Å². The maximum absolute atomic E-state index is 10.8. The lowest BCUT2D eigenvalue weighted by molar-refractivity contribution is -0.162. The molecule has 8 nitrogen and oxygen atoms in total. The molecule has 1 unspecified atom stereocenters. The molecule has 8 heteroatoms. The molecule has 0 saturated carbocycles. The van der Waals surface area contributed by atoms with Gasteiger partial charge in [0.2, 0.25) is 0 Å². The number of rotatable bonds is 12. The number of aliphatic hydroxyl groups excluding tert-OH is 2. The smallest absolute Gasteiger partial charge is 0.373 e. The Bertz CT molecular complexity index is 810. The summed E-state index contributed by atoms with van der Waals surface area (Å²) in [5, 5.41) is 40.4. The predicted molar refractivity (Wildman–Crippen MR) is 107 cm³/mol. The molecule has 29 heavy (non-hydrogen) atoms. The number of aliphatic hydroxyl groups is 2. The van der Waals surface area contributed by atoms with Crippen LogP contribution in [0.1, 0.15) is 30.9 Å². The van der Waals surface area contributed by atoms with Crippen molar-refractivity contribution in [1.82, 2.24) is 0 Å². The van der Waals surface area contributed by atoms with Gasteiger partial charge in [0.05, 0.1) is 13.2 Å². The molecule has 2 rings (SSSR count). The SMILES string of the molecule is CCCc1c(NCCCOc2ccc(O)c(CO)c2)cccc1OC(O)C(=O)O. The molecule has 0 saturated heterocycles. The Balaban J connectivity index is 1.91. The molecular weight excluding hydrogens is 378 g/mol. The highest BCUT2D eigenvalue weighted by Crippen LogP contribution is 2.29. The number of carboxylic acids is 1. The predicted octanol–water partition coefficient (Wildman–Crippen LogP) is 2.50. The van der Waals surface area contributed by atoms with E-state index in [-0.39, 0.29) is 12.4 Å². The van der Waals surface area contributed by atoms with E-state index in [0.717, 1.165) is 17.7 Å². The van der Waals surface area contributed by atoms with Gasteiger partial charge in [-0.2, -0.15) is 0 Å². The van der Waals surface area contributed by atoms with Crippen molar-refractivity contribution in [2.24, 2.45) is 0 Å². The number of carbonyl (C=O) groups is 1. The van der Waals surface area contributed by atoms with Crippen molar-refractivity contribution >= 4 is 11.7 Å². The van der Waals surface area contributed by atoms with Gasteiger partial charge in [0, 0.05) is 23.4 Å². The number of aliphatic carboxylic acids is 1. The second-order valence-corrected chi connectivity index (χ2v) is 6.42. The van der Waals surface area contributed by atoms with E-state index in [2.05, 4.69) is 5.32 Å². The fourth-order valence-corrected chi connectivity index (χ4v) is 2.78. The van der Waals surface area contributed by atoms with E-state index in [9.17, 15) is 20.1 Å². The summed E-state index contributed by atoms with van der Waals surface area (Å²) in [7, 11) is 0. The van der Waals surface area contributed by atoms with Crippen LogP contribution < -0.4 is 14.8 Å². The third-order valence-corrected chi connectivity index (χ3v) is 4.21. The van der Waals surface area contributed by atoms with E-state index >= 15 is 0 Å². The maximum atomic E-state index is 10.8. The van der Waals surface area contributed by atoms with Gasteiger partial charge in [0.1, 0.15) is 17.2 Å². The van der Waals surface area contributed by atoms with Crippen molar-refractivity contribution < 1.29 is 34.7 Å². The lowest BCUT2D eigenvalue weighted by atomic mass is 10.1. The standard InChI is InChI=1S/C21H27NO7/c1-2-5-16-17(6-3-7-19(16)29-21(27)20(25)26)22-10-4-11-28-15-8-9-18(24)14(12-15)13-23/h3,6-9,12,21-24,27H,2,4-5,10-11,13H2,1H3,(H,25,26). The van der Waals surface area contributed by atoms with Crippen LogP contribution in [-0.4, -0.2) is 45.8 Å². The quantitative estimate of drug-likeness (QED) is 0.269. The van der Waals surface area contributed by atoms with Crippen LogP contribution in [0.5, 0.6) is 17.2 Å². The molecule has 0 aliphatic carbocycles. The first kappa shape index (κ1) is 22.3. The Kier molecular flexibility index (Phi) is 8.57. The zero-order chi connectivity index (χ0) is 21.2. The van der Waals surface area contributed by atoms with Crippen LogP contribution in [0.15, 0.2) is 36.4 Å². The number of nitrogens with one attached hydrogen (secondary N) is 1. The molecule has 0 bridgehead atoms. The average Bonchev–Trinajstić information content (AvgIpc) is 2.70. The second-order valence-electron chi connectivity index (χ2n) is 6.42. The molecule has 0 spiro atoms. The van der Waals surface area contributed by atoms with Gasteiger partial charge in [-0.15, -0.1) is 0 Å². The molecule has 0 aromatic heterocycles. The molecule has 2 aromatic carbocycles. The molecule has 2 aromatic rings. The monoisotopic (exact) mass is 405 g/mol. The first-order valence-electron chi connectivity index (χ1n) is 9.45. The Morgan fingerprint density at radius 3 is 2.72 bits per heavy atom. The van der Waals surface area contributed by atoms with Crippen molar-refractivity contribution in [1.29, 1.82) is 0 Å². The highest BCUT2D eigenvalue weighted by Gasteiger charge is 2.18. The fraction of sp³-hybridized carbons (Fsp3) is 0.381. The zero-order valence-corrected chi connectivity index (χ0v) is 16.3. The minimum Gasteiger partial charge on any atom is -0.508 e. The second kappa shape index (κ2) is 11.1. The summed E-state index contributed by atoms with van der Waals surface area (Å²) in [5.41, 5.74) is 2.03. The number of benzene rings is 2. The van der Waals surface area contributed by atoms with Crippen molar-refractivity contribution in [2.75, 3.05) is 18.5 Å². The van der Waals surface area contributed by atoms with E-state index in [4.69, 9.17) is 14.6 Å². The maximum Gasteiger partial charge on any atom is 0.373 e. The topological polar surface area (TPSA) is 128 Å². The van der Waals surface area contributed by atoms with Gasteiger partial charge in [0.15, 0.2) is 0 Å². The zero-order valence-electron chi connectivity index (χ0n) is 16.3. The highest BCUT2D eigenvalue weighted by molar-refractivity contribution is 5.71. The Morgan fingerprint density at radius 2 is 2.03 bits per heavy atom. The Morgan fingerprint density at radius 1 is 1.24 bits per heavy atom. The summed E-state index contributed by atoms with van der Waals surface area (Å²) in [6.07, 6.45) is 0.265. The lowest BCUT2D eigenvalue weighted by Gasteiger charge is -2.18. The number of aromatic hydroxyl groups is 1. The first-order chi connectivity index (χ1) is 14.0. The van der Waals surface area contributed by atoms with Crippen LogP contribution in [0.2, 0.25) is 0 Å². The third-order valence-electron chi connectivity index (χ3n) is 4.21. The molecule has 5 N–H and O–H groups in total.